The highest BCUT2D eigenvalue weighted by atomic mass is 32.1. The normalized spacial score (nSPS) is 18.1. The third-order valence-corrected chi connectivity index (χ3v) is 7.39. The van der Waals surface area contributed by atoms with Crippen LogP contribution in [0.1, 0.15) is 51.7 Å². The Balaban J connectivity index is 1.50. The van der Waals surface area contributed by atoms with Crippen molar-refractivity contribution in [3.05, 3.63) is 29.7 Å². The largest absolute Gasteiger partial charge is 0.345 e. The van der Waals surface area contributed by atoms with Gasteiger partial charge >= 0.3 is 0 Å². The average Bonchev–Trinajstić information content (AvgIpc) is 3.40. The van der Waals surface area contributed by atoms with Gasteiger partial charge in [0.1, 0.15) is 16.7 Å². The van der Waals surface area contributed by atoms with Gasteiger partial charge in [0.05, 0.1) is 5.69 Å². The smallest absolute Gasteiger partial charge is 0.188 e. The van der Waals surface area contributed by atoms with Crippen LogP contribution in [-0.2, 0) is 0 Å². The van der Waals surface area contributed by atoms with Crippen LogP contribution in [0.5, 0.6) is 0 Å². The number of pyridine rings is 1. The van der Waals surface area contributed by atoms with Crippen molar-refractivity contribution in [3.63, 3.8) is 0 Å². The number of aryl methyl sites for hydroxylation is 1. The summed E-state index contributed by atoms with van der Waals surface area (Å²) >= 11 is 1.79. The molecule has 0 radical (unpaired) electrons. The van der Waals surface area contributed by atoms with Crippen molar-refractivity contribution < 1.29 is 0 Å². The van der Waals surface area contributed by atoms with Crippen molar-refractivity contribution in [2.75, 3.05) is 31.1 Å². The molecule has 1 aliphatic rings. The first-order chi connectivity index (χ1) is 15.3. The first kappa shape index (κ1) is 21.4. The standard InChI is InChI=1S/C24H33N7S/c1-14(2)10-29-7-8-30(17(6)11-29)24-28-21-19(15(3)4)20(27-23(21)32-24)18-9-16(5)22-25-13-26-31(22)12-18/h9,12-15,17,27H,7-8,10-11H2,1-6H3/t17-/m0/s1. The van der Waals surface area contributed by atoms with E-state index < -0.39 is 0 Å². The number of hydrogen-bond acceptors (Lipinski definition) is 6. The Kier molecular flexibility index (Phi) is 5.45. The molecular formula is C24H33N7S. The number of aromatic nitrogens is 5. The second-order valence-electron chi connectivity index (χ2n) is 9.88. The zero-order valence-corrected chi connectivity index (χ0v) is 20.7. The SMILES string of the molecule is Cc1cc(-c2[nH]c3sc(N4CCN(CC(C)C)C[C@@H]4C)nc3c2C(C)C)cn2ncnc12. The molecule has 1 atom stereocenters. The zero-order valence-electron chi connectivity index (χ0n) is 19.9. The van der Waals surface area contributed by atoms with Gasteiger partial charge in [-0.1, -0.05) is 39.0 Å². The Morgan fingerprint density at radius 2 is 2.03 bits per heavy atom. The number of fused-ring (bicyclic) bond motifs is 2. The molecule has 1 fully saturated rings. The molecule has 8 heteroatoms. The summed E-state index contributed by atoms with van der Waals surface area (Å²) in [5.74, 6) is 1.07. The molecule has 5 rings (SSSR count). The fourth-order valence-electron chi connectivity index (χ4n) is 5.02. The van der Waals surface area contributed by atoms with Crippen molar-refractivity contribution in [2.24, 2.45) is 5.92 Å². The van der Waals surface area contributed by atoms with E-state index in [1.54, 1.807) is 17.7 Å². The molecule has 1 saturated heterocycles. The minimum atomic E-state index is 0.362. The lowest BCUT2D eigenvalue weighted by atomic mass is 9.99. The second-order valence-corrected chi connectivity index (χ2v) is 10.9. The summed E-state index contributed by atoms with van der Waals surface area (Å²) in [5.41, 5.74) is 6.70. The highest BCUT2D eigenvalue weighted by Gasteiger charge is 2.28. The number of nitrogens with one attached hydrogen (secondary N) is 1. The van der Waals surface area contributed by atoms with E-state index in [0.717, 1.165) is 57.6 Å². The third-order valence-electron chi connectivity index (χ3n) is 6.38. The fourth-order valence-corrected chi connectivity index (χ4v) is 6.13. The third kappa shape index (κ3) is 3.69. The number of anilines is 1. The summed E-state index contributed by atoms with van der Waals surface area (Å²) in [7, 11) is 0. The number of aromatic amines is 1. The van der Waals surface area contributed by atoms with Gasteiger partial charge in [-0.2, -0.15) is 5.10 Å². The van der Waals surface area contributed by atoms with Gasteiger partial charge < -0.3 is 9.88 Å². The van der Waals surface area contributed by atoms with Gasteiger partial charge in [0, 0.05) is 49.5 Å². The van der Waals surface area contributed by atoms with Gasteiger partial charge in [0.15, 0.2) is 10.8 Å². The molecule has 0 aromatic carbocycles. The number of hydrogen-bond donors (Lipinski definition) is 1. The number of rotatable bonds is 5. The Morgan fingerprint density at radius 1 is 1.22 bits per heavy atom. The molecule has 0 aliphatic carbocycles. The van der Waals surface area contributed by atoms with Crippen LogP contribution >= 0.6 is 11.3 Å². The van der Waals surface area contributed by atoms with E-state index in [0.29, 0.717) is 17.9 Å². The van der Waals surface area contributed by atoms with E-state index in [1.165, 1.54) is 12.1 Å². The van der Waals surface area contributed by atoms with E-state index in [-0.39, 0.29) is 0 Å². The molecule has 0 unspecified atom stereocenters. The number of piperazine rings is 1. The van der Waals surface area contributed by atoms with Gasteiger partial charge in [0.25, 0.3) is 0 Å². The van der Waals surface area contributed by atoms with Gasteiger partial charge in [-0.05, 0) is 37.3 Å². The molecule has 0 amide bonds. The average molecular weight is 452 g/mol. The van der Waals surface area contributed by atoms with E-state index in [1.807, 2.05) is 4.52 Å². The monoisotopic (exact) mass is 451 g/mol. The number of nitrogens with zero attached hydrogens (tertiary/aromatic N) is 6. The molecule has 4 aromatic heterocycles. The summed E-state index contributed by atoms with van der Waals surface area (Å²) in [5, 5.41) is 5.50. The Labute approximate surface area is 193 Å². The van der Waals surface area contributed by atoms with Crippen LogP contribution in [0, 0.1) is 12.8 Å². The highest BCUT2D eigenvalue weighted by Crippen LogP contribution is 2.40. The summed E-state index contributed by atoms with van der Waals surface area (Å²) in [6.45, 7) is 17.9. The van der Waals surface area contributed by atoms with Crippen LogP contribution in [0.3, 0.4) is 0 Å². The Morgan fingerprint density at radius 3 is 2.75 bits per heavy atom. The molecule has 7 nitrogen and oxygen atoms in total. The van der Waals surface area contributed by atoms with Crippen LogP contribution in [0.2, 0.25) is 0 Å². The fraction of sp³-hybridized carbons (Fsp3) is 0.542. The molecule has 1 N–H and O–H groups in total. The summed E-state index contributed by atoms with van der Waals surface area (Å²) in [4.78, 5) is 19.5. The lowest BCUT2D eigenvalue weighted by Gasteiger charge is -2.40. The first-order valence-corrected chi connectivity index (χ1v) is 12.4. The van der Waals surface area contributed by atoms with Crippen LogP contribution in [0.25, 0.3) is 27.3 Å². The lowest BCUT2D eigenvalue weighted by molar-refractivity contribution is 0.206. The maximum absolute atomic E-state index is 5.17. The minimum Gasteiger partial charge on any atom is -0.345 e. The molecule has 0 spiro atoms. The predicted molar refractivity (Wildman–Crippen MR) is 133 cm³/mol. The van der Waals surface area contributed by atoms with Crippen molar-refractivity contribution >= 4 is 32.5 Å². The van der Waals surface area contributed by atoms with Gasteiger partial charge in [-0.3, -0.25) is 4.90 Å². The van der Waals surface area contributed by atoms with Crippen molar-refractivity contribution in [2.45, 2.75) is 53.5 Å². The van der Waals surface area contributed by atoms with Gasteiger partial charge in [-0.15, -0.1) is 0 Å². The van der Waals surface area contributed by atoms with Crippen molar-refractivity contribution in [1.82, 2.24) is 29.5 Å². The molecule has 1 aliphatic heterocycles. The summed E-state index contributed by atoms with van der Waals surface area (Å²) in [6.07, 6.45) is 3.67. The summed E-state index contributed by atoms with van der Waals surface area (Å²) < 4.78 is 1.86. The van der Waals surface area contributed by atoms with E-state index in [4.69, 9.17) is 4.98 Å². The van der Waals surface area contributed by atoms with E-state index in [9.17, 15) is 0 Å². The molecule has 0 saturated carbocycles. The zero-order chi connectivity index (χ0) is 22.6. The molecule has 170 valence electrons. The van der Waals surface area contributed by atoms with Crippen LogP contribution in [-0.4, -0.2) is 61.7 Å². The van der Waals surface area contributed by atoms with Crippen LogP contribution in [0.15, 0.2) is 18.6 Å². The topological polar surface area (TPSA) is 65.4 Å². The lowest BCUT2D eigenvalue weighted by Crippen LogP contribution is -2.52. The van der Waals surface area contributed by atoms with E-state index >= 15 is 0 Å². The summed E-state index contributed by atoms with van der Waals surface area (Å²) in [6, 6.07) is 2.67. The highest BCUT2D eigenvalue weighted by molar-refractivity contribution is 7.21. The molecule has 4 aromatic rings. The Hall–Kier alpha value is -2.45. The first-order valence-electron chi connectivity index (χ1n) is 11.6. The molecular weight excluding hydrogens is 418 g/mol. The Bertz CT molecular complexity index is 1250. The van der Waals surface area contributed by atoms with Crippen molar-refractivity contribution in [1.29, 1.82) is 0 Å². The predicted octanol–water partition coefficient (Wildman–Crippen LogP) is 4.93. The molecule has 0 bridgehead atoms. The number of thiazole rings is 1. The molecule has 32 heavy (non-hydrogen) atoms. The maximum atomic E-state index is 5.17. The number of H-pyrrole nitrogens is 1. The van der Waals surface area contributed by atoms with Crippen molar-refractivity contribution in [3.8, 4) is 11.3 Å². The van der Waals surface area contributed by atoms with Gasteiger partial charge in [-0.25, -0.2) is 14.5 Å². The van der Waals surface area contributed by atoms with Gasteiger partial charge in [0.2, 0.25) is 0 Å². The second kappa shape index (κ2) is 8.15. The molecule has 5 heterocycles. The minimum absolute atomic E-state index is 0.362. The maximum Gasteiger partial charge on any atom is 0.188 e. The van der Waals surface area contributed by atoms with Crippen LogP contribution in [0.4, 0.5) is 5.13 Å². The van der Waals surface area contributed by atoms with Crippen LogP contribution < -0.4 is 4.90 Å². The quantitative estimate of drug-likeness (QED) is 0.466. The van der Waals surface area contributed by atoms with E-state index in [2.05, 4.69) is 78.7 Å².